The average molecular weight is 122 g/mol. The van der Waals surface area contributed by atoms with E-state index in [9.17, 15) is 18.2 Å². The lowest BCUT2D eigenvalue weighted by Gasteiger charge is -1.82. The summed E-state index contributed by atoms with van der Waals surface area (Å²) in [5, 5.41) is 7.52. The van der Waals surface area contributed by atoms with Gasteiger partial charge in [0.05, 0.1) is 0 Å². The van der Waals surface area contributed by atoms with Crippen LogP contribution in [0.2, 0.25) is 0 Å². The predicted molar refractivity (Wildman–Crippen MR) is 20.6 cm³/mol. The van der Waals surface area contributed by atoms with E-state index >= 15 is 0 Å². The second-order valence-corrected chi connectivity index (χ2v) is 0.970. The Hall–Kier alpha value is -0.935. The summed E-state index contributed by atoms with van der Waals surface area (Å²) in [6.07, 6.45) is 0. The molecule has 0 fully saturated rings. The lowest BCUT2D eigenvalue weighted by molar-refractivity contribution is -0.146. The number of carboxylic acid groups (broad SMARTS) is 1. The normalized spacial score (nSPS) is 8.25. The van der Waals surface area contributed by atoms with Gasteiger partial charge in [-0.05, 0) is 0 Å². The zero-order valence-corrected chi connectivity index (χ0v) is 3.60. The molecule has 0 aliphatic rings. The molecule has 0 radical (unpaired) electrons. The quantitative estimate of drug-likeness (QED) is 0.400. The van der Waals surface area contributed by atoms with Crippen molar-refractivity contribution in [1.82, 2.24) is 0 Å². The predicted octanol–water partition coefficient (Wildman–Crippen LogP) is -0.393. The topological polar surface area (TPSA) is 54.4 Å². The summed E-state index contributed by atoms with van der Waals surface area (Å²) in [5.74, 6) is -2.10. The Morgan fingerprint density at radius 3 is 1.75 bits per heavy atom. The molecule has 6 heteroatoms. The van der Waals surface area contributed by atoms with E-state index in [1.807, 2.05) is 0 Å². The summed E-state index contributed by atoms with van der Waals surface area (Å²) in [7, 11) is -3.40. The fourth-order valence-corrected chi connectivity index (χ4v) is 0.0933. The number of rotatable bonds is 2. The molecule has 0 aliphatic carbocycles. The lowest BCUT2D eigenvalue weighted by Crippen LogP contribution is -2.24. The molecular weight excluding hydrogens is 121 g/mol. The van der Waals surface area contributed by atoms with E-state index in [1.165, 1.54) is 0 Å². The van der Waals surface area contributed by atoms with Gasteiger partial charge in [-0.2, -0.15) is 0 Å². The van der Waals surface area contributed by atoms with Crippen LogP contribution in [-0.4, -0.2) is 24.0 Å². The molecule has 1 N–H and O–H groups in total. The standard InChI is InChI=1S/C2HBF2O3/c4-3(5)1(6)2(7)8/h(H,7,8). The van der Waals surface area contributed by atoms with Crippen LogP contribution in [-0.2, 0) is 9.59 Å². The van der Waals surface area contributed by atoms with Crippen LogP contribution in [0.15, 0.2) is 0 Å². The number of hydrogen-bond donors (Lipinski definition) is 1. The number of carboxylic acids is 1. The Balaban J connectivity index is 3.84. The van der Waals surface area contributed by atoms with Crippen LogP contribution >= 0.6 is 0 Å². The maximum atomic E-state index is 10.9. The van der Waals surface area contributed by atoms with E-state index in [0.717, 1.165) is 0 Å². The van der Waals surface area contributed by atoms with Crippen molar-refractivity contribution in [2.45, 2.75) is 0 Å². The van der Waals surface area contributed by atoms with Gasteiger partial charge in [0.1, 0.15) is 0 Å². The molecule has 0 bridgehead atoms. The van der Waals surface area contributed by atoms with Gasteiger partial charge in [-0.3, -0.25) is 13.4 Å². The van der Waals surface area contributed by atoms with E-state index in [0.29, 0.717) is 0 Å². The fourth-order valence-electron chi connectivity index (χ4n) is 0.0933. The van der Waals surface area contributed by atoms with Gasteiger partial charge in [0.25, 0.3) is 5.68 Å². The van der Waals surface area contributed by atoms with Crippen molar-refractivity contribution in [3.05, 3.63) is 0 Å². The first-order valence-corrected chi connectivity index (χ1v) is 1.61. The monoisotopic (exact) mass is 122 g/mol. The Bertz CT molecular complexity index is 122. The third kappa shape index (κ3) is 1.68. The Morgan fingerprint density at radius 2 is 1.75 bits per heavy atom. The van der Waals surface area contributed by atoms with E-state index in [2.05, 4.69) is 0 Å². The van der Waals surface area contributed by atoms with Gasteiger partial charge in [-0.25, -0.2) is 4.79 Å². The van der Waals surface area contributed by atoms with Crippen molar-refractivity contribution in [2.75, 3.05) is 0 Å². The van der Waals surface area contributed by atoms with E-state index in [-0.39, 0.29) is 0 Å². The highest BCUT2D eigenvalue weighted by molar-refractivity contribution is 6.91. The summed E-state index contributed by atoms with van der Waals surface area (Å²) in [6, 6.07) is 0. The van der Waals surface area contributed by atoms with Crippen LogP contribution in [0.4, 0.5) is 8.63 Å². The van der Waals surface area contributed by atoms with E-state index in [4.69, 9.17) is 5.11 Å². The summed E-state index contributed by atoms with van der Waals surface area (Å²) in [6.45, 7) is 0. The summed E-state index contributed by atoms with van der Waals surface area (Å²) >= 11 is 0. The number of halogens is 2. The molecule has 8 heavy (non-hydrogen) atoms. The first-order chi connectivity index (χ1) is 3.55. The molecule has 0 aromatic carbocycles. The Labute approximate surface area is 43.5 Å². The van der Waals surface area contributed by atoms with Crippen LogP contribution in [0.1, 0.15) is 0 Å². The first-order valence-electron chi connectivity index (χ1n) is 1.61. The Kier molecular flexibility index (Phi) is 2.11. The van der Waals surface area contributed by atoms with E-state index < -0.39 is 18.9 Å². The molecule has 0 amide bonds. The van der Waals surface area contributed by atoms with Crippen LogP contribution in [0.5, 0.6) is 0 Å². The Morgan fingerprint density at radius 1 is 1.38 bits per heavy atom. The molecule has 0 aromatic rings. The molecule has 0 rings (SSSR count). The van der Waals surface area contributed by atoms with Gasteiger partial charge in [0, 0.05) is 0 Å². The van der Waals surface area contributed by atoms with E-state index in [1.54, 1.807) is 0 Å². The molecule has 0 heterocycles. The van der Waals surface area contributed by atoms with Gasteiger partial charge in [0.2, 0.25) is 0 Å². The SMILES string of the molecule is O=C(O)C(=O)B(F)F. The largest absolute Gasteiger partial charge is 0.621 e. The molecule has 0 aromatic heterocycles. The second-order valence-electron chi connectivity index (χ2n) is 0.970. The van der Waals surface area contributed by atoms with Crippen molar-refractivity contribution in [1.29, 1.82) is 0 Å². The van der Waals surface area contributed by atoms with Gasteiger partial charge in [-0.15, -0.1) is 0 Å². The highest BCUT2D eigenvalue weighted by Gasteiger charge is 2.31. The smallest absolute Gasteiger partial charge is 0.476 e. The fraction of sp³-hybridized carbons (Fsp3) is 0. The zero-order valence-electron chi connectivity index (χ0n) is 3.60. The molecule has 3 nitrogen and oxygen atoms in total. The molecule has 44 valence electrons. The minimum atomic E-state index is -3.40. The molecule has 0 aliphatic heterocycles. The van der Waals surface area contributed by atoms with Crippen LogP contribution < -0.4 is 0 Å². The highest BCUT2D eigenvalue weighted by Crippen LogP contribution is 1.86. The van der Waals surface area contributed by atoms with Crippen LogP contribution in [0.3, 0.4) is 0 Å². The minimum absolute atomic E-state index is 2.06. The molecule has 0 saturated carbocycles. The van der Waals surface area contributed by atoms with Gasteiger partial charge in [-0.1, -0.05) is 0 Å². The number of carbonyl (C=O) groups excluding carboxylic acids is 1. The average Bonchev–Trinajstić information content (AvgIpc) is 1.64. The van der Waals surface area contributed by atoms with Gasteiger partial charge < -0.3 is 5.11 Å². The van der Waals surface area contributed by atoms with Gasteiger partial charge in [0.15, 0.2) is 0 Å². The molecule has 0 saturated heterocycles. The minimum Gasteiger partial charge on any atom is -0.476 e. The molecule has 0 spiro atoms. The highest BCUT2D eigenvalue weighted by atomic mass is 19.2. The van der Waals surface area contributed by atoms with Crippen molar-refractivity contribution >= 4 is 18.9 Å². The third-order valence-corrected chi connectivity index (χ3v) is 0.409. The van der Waals surface area contributed by atoms with Crippen molar-refractivity contribution in [3.63, 3.8) is 0 Å². The third-order valence-electron chi connectivity index (χ3n) is 0.409. The maximum Gasteiger partial charge on any atom is 0.621 e. The van der Waals surface area contributed by atoms with Crippen LogP contribution in [0, 0.1) is 0 Å². The van der Waals surface area contributed by atoms with Crippen molar-refractivity contribution in [2.24, 2.45) is 0 Å². The molecule has 0 atom stereocenters. The van der Waals surface area contributed by atoms with Crippen LogP contribution in [0.25, 0.3) is 0 Å². The zero-order chi connectivity index (χ0) is 6.73. The second kappa shape index (κ2) is 2.39. The summed E-state index contributed by atoms with van der Waals surface area (Å²) in [4.78, 5) is 18.8. The number of carbonyl (C=O) groups is 2. The van der Waals surface area contributed by atoms with Crippen molar-refractivity contribution in [3.8, 4) is 0 Å². The molecular formula is C2HBF2O3. The summed E-state index contributed by atoms with van der Waals surface area (Å²) < 4.78 is 21.9. The first kappa shape index (κ1) is 7.06. The van der Waals surface area contributed by atoms with Gasteiger partial charge >= 0.3 is 13.2 Å². The number of aliphatic carboxylic acids is 1. The molecule has 0 unspecified atom stereocenters. The maximum absolute atomic E-state index is 10.9. The number of hydrogen-bond acceptors (Lipinski definition) is 2. The van der Waals surface area contributed by atoms with Crippen molar-refractivity contribution < 1.29 is 23.3 Å². The lowest BCUT2D eigenvalue weighted by atomic mass is 9.91. The summed E-state index contributed by atoms with van der Waals surface area (Å²) in [5.41, 5.74) is -2.06.